The zero-order valence-corrected chi connectivity index (χ0v) is 18.3. The summed E-state index contributed by atoms with van der Waals surface area (Å²) in [5.74, 6) is -0.646. The van der Waals surface area contributed by atoms with Gasteiger partial charge in [-0.2, -0.15) is 4.31 Å². The molecule has 1 saturated heterocycles. The van der Waals surface area contributed by atoms with Crippen LogP contribution in [0.5, 0.6) is 0 Å². The zero-order valence-electron chi connectivity index (χ0n) is 16.8. The molecule has 2 fully saturated rings. The number of morpholine rings is 1. The molecule has 2 aliphatic rings. The summed E-state index contributed by atoms with van der Waals surface area (Å²) in [6, 6.07) is 4.13. The molecule has 0 unspecified atom stereocenters. The van der Waals surface area contributed by atoms with E-state index in [1.165, 1.54) is 28.9 Å². The average molecular weight is 459 g/mol. The van der Waals surface area contributed by atoms with Gasteiger partial charge in [0.2, 0.25) is 10.0 Å². The summed E-state index contributed by atoms with van der Waals surface area (Å²) in [4.78, 5) is 24.2. The van der Waals surface area contributed by atoms with Gasteiger partial charge >= 0.3 is 5.97 Å². The minimum absolute atomic E-state index is 0.0263. The first-order chi connectivity index (χ1) is 14.4. The summed E-state index contributed by atoms with van der Waals surface area (Å²) in [5, 5.41) is 2.72. The standard InChI is InChI=1S/C20H27ClN2O6S/c21-17-7-6-16(30(26,27)23-8-10-28-11-9-23)13-18(17)22-19(24)14-29-20(25)12-15-4-2-1-3-5-15/h6-7,13,15H,1-5,8-12,14H2,(H,22,24). The fraction of sp³-hybridized carbons (Fsp3) is 0.600. The van der Waals surface area contributed by atoms with Crippen LogP contribution in [-0.4, -0.2) is 57.5 Å². The van der Waals surface area contributed by atoms with Gasteiger partial charge in [-0.1, -0.05) is 30.9 Å². The summed E-state index contributed by atoms with van der Waals surface area (Å²) in [5.41, 5.74) is 0.152. The molecule has 0 radical (unpaired) electrons. The molecule has 10 heteroatoms. The Morgan fingerprint density at radius 2 is 1.87 bits per heavy atom. The zero-order chi connectivity index (χ0) is 21.6. The predicted molar refractivity (Wildman–Crippen MR) is 112 cm³/mol. The SMILES string of the molecule is O=C(COC(=O)CC1CCCCC1)Nc1cc(S(=O)(=O)N2CCOCC2)ccc1Cl. The molecule has 1 aromatic carbocycles. The van der Waals surface area contributed by atoms with Crippen molar-refractivity contribution < 1.29 is 27.5 Å². The van der Waals surface area contributed by atoms with E-state index in [9.17, 15) is 18.0 Å². The second kappa shape index (κ2) is 10.6. The van der Waals surface area contributed by atoms with Crippen LogP contribution in [0.4, 0.5) is 5.69 Å². The van der Waals surface area contributed by atoms with Gasteiger partial charge in [0.15, 0.2) is 6.61 Å². The molecule has 30 heavy (non-hydrogen) atoms. The van der Waals surface area contributed by atoms with Gasteiger partial charge in [-0.3, -0.25) is 9.59 Å². The third-order valence-corrected chi connectivity index (χ3v) is 7.59. The number of rotatable bonds is 7. The van der Waals surface area contributed by atoms with Crippen LogP contribution in [0.25, 0.3) is 0 Å². The smallest absolute Gasteiger partial charge is 0.306 e. The van der Waals surface area contributed by atoms with E-state index in [0.717, 1.165) is 25.7 Å². The Morgan fingerprint density at radius 3 is 2.57 bits per heavy atom. The van der Waals surface area contributed by atoms with Crippen molar-refractivity contribution in [2.45, 2.75) is 43.4 Å². The molecule has 0 aromatic heterocycles. The summed E-state index contributed by atoms with van der Waals surface area (Å²) in [6.45, 7) is 0.765. The first kappa shape index (κ1) is 23.0. The van der Waals surface area contributed by atoms with E-state index in [-0.39, 0.29) is 28.7 Å². The molecule has 1 aliphatic heterocycles. The lowest BCUT2D eigenvalue weighted by Crippen LogP contribution is -2.40. The number of halogens is 1. The third kappa shape index (κ3) is 6.16. The topological polar surface area (TPSA) is 102 Å². The highest BCUT2D eigenvalue weighted by Gasteiger charge is 2.27. The lowest BCUT2D eigenvalue weighted by atomic mass is 9.87. The highest BCUT2D eigenvalue weighted by Crippen LogP contribution is 2.28. The van der Waals surface area contributed by atoms with Crippen molar-refractivity contribution in [3.05, 3.63) is 23.2 Å². The maximum atomic E-state index is 12.8. The Balaban J connectivity index is 1.57. The van der Waals surface area contributed by atoms with E-state index in [1.54, 1.807) is 0 Å². The molecule has 1 aliphatic carbocycles. The predicted octanol–water partition coefficient (Wildman–Crippen LogP) is 2.81. The number of ether oxygens (including phenoxy) is 2. The van der Waals surface area contributed by atoms with Gasteiger partial charge in [0.05, 0.1) is 28.8 Å². The second-order valence-electron chi connectivity index (χ2n) is 7.58. The van der Waals surface area contributed by atoms with Crippen LogP contribution in [0.2, 0.25) is 5.02 Å². The Labute approximate surface area is 181 Å². The van der Waals surface area contributed by atoms with E-state index < -0.39 is 28.5 Å². The molecule has 1 saturated carbocycles. The van der Waals surface area contributed by atoms with Crippen LogP contribution >= 0.6 is 11.6 Å². The molecule has 0 atom stereocenters. The molecule has 1 N–H and O–H groups in total. The highest BCUT2D eigenvalue weighted by molar-refractivity contribution is 7.89. The number of nitrogens with one attached hydrogen (secondary N) is 1. The first-order valence-corrected chi connectivity index (χ1v) is 12.0. The molecule has 1 aromatic rings. The van der Waals surface area contributed by atoms with Gasteiger partial charge in [-0.25, -0.2) is 8.42 Å². The van der Waals surface area contributed by atoms with Crippen LogP contribution in [0.1, 0.15) is 38.5 Å². The van der Waals surface area contributed by atoms with Crippen LogP contribution in [0, 0.1) is 5.92 Å². The number of sulfonamides is 1. The minimum atomic E-state index is -3.72. The van der Waals surface area contributed by atoms with E-state index in [0.29, 0.717) is 25.6 Å². The molecule has 0 bridgehead atoms. The van der Waals surface area contributed by atoms with Crippen LogP contribution in [0.15, 0.2) is 23.1 Å². The van der Waals surface area contributed by atoms with Crippen molar-refractivity contribution in [3.8, 4) is 0 Å². The number of amides is 1. The normalized spacial score (nSPS) is 18.7. The van der Waals surface area contributed by atoms with Crippen molar-refractivity contribution in [1.82, 2.24) is 4.31 Å². The summed E-state index contributed by atoms with van der Waals surface area (Å²) in [6.07, 6.45) is 5.81. The minimum Gasteiger partial charge on any atom is -0.456 e. The molecule has 1 amide bonds. The average Bonchev–Trinajstić information content (AvgIpc) is 2.75. The Hall–Kier alpha value is -1.68. The monoisotopic (exact) mass is 458 g/mol. The van der Waals surface area contributed by atoms with Gasteiger partial charge in [0.25, 0.3) is 5.91 Å². The third-order valence-electron chi connectivity index (χ3n) is 5.36. The maximum Gasteiger partial charge on any atom is 0.306 e. The van der Waals surface area contributed by atoms with Crippen LogP contribution < -0.4 is 5.32 Å². The van der Waals surface area contributed by atoms with E-state index in [2.05, 4.69) is 5.32 Å². The molecule has 3 rings (SSSR count). The molecular weight excluding hydrogens is 432 g/mol. The van der Waals surface area contributed by atoms with Crippen molar-refractivity contribution in [2.24, 2.45) is 5.92 Å². The van der Waals surface area contributed by atoms with Crippen molar-refractivity contribution in [1.29, 1.82) is 0 Å². The summed E-state index contributed by atoms with van der Waals surface area (Å²) >= 11 is 6.12. The number of anilines is 1. The number of carbonyl (C=O) groups excluding carboxylic acids is 2. The van der Waals surface area contributed by atoms with E-state index in [1.807, 2.05) is 0 Å². The van der Waals surface area contributed by atoms with E-state index in [4.69, 9.17) is 21.1 Å². The lowest BCUT2D eigenvalue weighted by molar-refractivity contribution is -0.148. The number of hydrogen-bond donors (Lipinski definition) is 1. The fourth-order valence-corrected chi connectivity index (χ4v) is 5.31. The van der Waals surface area contributed by atoms with Gasteiger partial charge in [0, 0.05) is 19.5 Å². The number of hydrogen-bond acceptors (Lipinski definition) is 6. The van der Waals surface area contributed by atoms with Gasteiger partial charge in [-0.15, -0.1) is 0 Å². The van der Waals surface area contributed by atoms with E-state index >= 15 is 0 Å². The molecular formula is C20H27ClN2O6S. The first-order valence-electron chi connectivity index (χ1n) is 10.2. The molecule has 8 nitrogen and oxygen atoms in total. The summed E-state index contributed by atoms with van der Waals surface area (Å²) in [7, 11) is -3.72. The fourth-order valence-electron chi connectivity index (χ4n) is 3.71. The van der Waals surface area contributed by atoms with Crippen molar-refractivity contribution >= 4 is 39.2 Å². The second-order valence-corrected chi connectivity index (χ2v) is 9.92. The number of esters is 1. The van der Waals surface area contributed by atoms with Gasteiger partial charge in [-0.05, 0) is 37.0 Å². The Kier molecular flexibility index (Phi) is 8.10. The molecule has 1 heterocycles. The van der Waals surface area contributed by atoms with Crippen molar-refractivity contribution in [2.75, 3.05) is 38.2 Å². The lowest BCUT2D eigenvalue weighted by Gasteiger charge is -2.26. The Bertz CT molecular complexity index is 864. The number of carbonyl (C=O) groups is 2. The Morgan fingerprint density at radius 1 is 1.17 bits per heavy atom. The van der Waals surface area contributed by atoms with Gasteiger partial charge in [0.1, 0.15) is 0 Å². The summed E-state index contributed by atoms with van der Waals surface area (Å²) < 4.78 is 37.2. The van der Waals surface area contributed by atoms with Crippen LogP contribution in [0.3, 0.4) is 0 Å². The van der Waals surface area contributed by atoms with Crippen molar-refractivity contribution in [3.63, 3.8) is 0 Å². The highest BCUT2D eigenvalue weighted by atomic mass is 35.5. The quantitative estimate of drug-likeness (QED) is 0.630. The molecule has 0 spiro atoms. The maximum absolute atomic E-state index is 12.8. The largest absolute Gasteiger partial charge is 0.456 e. The molecule has 166 valence electrons. The van der Waals surface area contributed by atoms with Crippen LogP contribution in [-0.2, 0) is 29.1 Å². The number of nitrogens with zero attached hydrogens (tertiary/aromatic N) is 1. The van der Waals surface area contributed by atoms with Gasteiger partial charge < -0.3 is 14.8 Å². The number of benzene rings is 1.